The van der Waals surface area contributed by atoms with Crippen LogP contribution >= 0.6 is 12.4 Å². The van der Waals surface area contributed by atoms with Crippen LogP contribution in [0.4, 0.5) is 5.69 Å². The van der Waals surface area contributed by atoms with Crippen molar-refractivity contribution in [2.45, 2.75) is 13.8 Å². The molecule has 0 radical (unpaired) electrons. The normalized spacial score (nSPS) is 10.7. The summed E-state index contributed by atoms with van der Waals surface area (Å²) in [5.41, 5.74) is 9.00. The van der Waals surface area contributed by atoms with Crippen molar-refractivity contribution in [1.82, 2.24) is 0 Å². The monoisotopic (exact) mass is 228 g/mol. The SMILES string of the molecule is Cc1cccc(C)c1N(C)/C(N)=N/N.Cl. The summed E-state index contributed by atoms with van der Waals surface area (Å²) in [5.74, 6) is 5.44. The smallest absolute Gasteiger partial charge is 0.217 e. The van der Waals surface area contributed by atoms with E-state index >= 15 is 0 Å². The summed E-state index contributed by atoms with van der Waals surface area (Å²) < 4.78 is 0. The van der Waals surface area contributed by atoms with Crippen molar-refractivity contribution >= 4 is 24.1 Å². The Morgan fingerprint density at radius 1 is 1.27 bits per heavy atom. The third-order valence-electron chi connectivity index (χ3n) is 2.25. The van der Waals surface area contributed by atoms with Crippen LogP contribution in [0, 0.1) is 13.8 Å². The van der Waals surface area contributed by atoms with Gasteiger partial charge in [-0.1, -0.05) is 18.2 Å². The van der Waals surface area contributed by atoms with Crippen molar-refractivity contribution in [3.05, 3.63) is 29.3 Å². The van der Waals surface area contributed by atoms with Crippen molar-refractivity contribution in [2.24, 2.45) is 16.7 Å². The second-order valence-corrected chi connectivity index (χ2v) is 3.29. The lowest BCUT2D eigenvalue weighted by Gasteiger charge is -2.21. The highest BCUT2D eigenvalue weighted by atomic mass is 35.5. The number of nitrogens with zero attached hydrogens (tertiary/aromatic N) is 2. The molecule has 0 saturated heterocycles. The number of halogens is 1. The quantitative estimate of drug-likeness (QED) is 0.330. The molecule has 0 aromatic heterocycles. The van der Waals surface area contributed by atoms with Crippen LogP contribution in [0.5, 0.6) is 0 Å². The molecule has 0 spiro atoms. The molecule has 0 unspecified atom stereocenters. The van der Waals surface area contributed by atoms with Gasteiger partial charge in [0.25, 0.3) is 0 Å². The molecule has 5 heteroatoms. The molecule has 0 aliphatic carbocycles. The third-order valence-corrected chi connectivity index (χ3v) is 2.25. The number of benzene rings is 1. The van der Waals surface area contributed by atoms with Gasteiger partial charge in [-0.2, -0.15) is 0 Å². The van der Waals surface area contributed by atoms with Gasteiger partial charge in [-0.15, -0.1) is 17.5 Å². The average molecular weight is 229 g/mol. The summed E-state index contributed by atoms with van der Waals surface area (Å²) in [4.78, 5) is 1.78. The van der Waals surface area contributed by atoms with Gasteiger partial charge in [0.15, 0.2) is 0 Å². The van der Waals surface area contributed by atoms with E-state index in [-0.39, 0.29) is 12.4 Å². The molecule has 1 aromatic carbocycles. The predicted octanol–water partition coefficient (Wildman–Crippen LogP) is 1.35. The fraction of sp³-hybridized carbons (Fsp3) is 0.300. The Balaban J connectivity index is 0.00000196. The molecule has 84 valence electrons. The second-order valence-electron chi connectivity index (χ2n) is 3.29. The summed E-state index contributed by atoms with van der Waals surface area (Å²) in [7, 11) is 1.85. The molecule has 1 rings (SSSR count). The van der Waals surface area contributed by atoms with Crippen LogP contribution in [0.1, 0.15) is 11.1 Å². The standard InChI is InChI=1S/C10H16N4.ClH/c1-7-5-4-6-8(2)9(7)14(3)10(11)13-12;/h4-6H,12H2,1-3H3,(H2,11,13);1H. The maximum Gasteiger partial charge on any atom is 0.217 e. The number of hydrogen-bond donors (Lipinski definition) is 2. The molecule has 4 nitrogen and oxygen atoms in total. The Morgan fingerprint density at radius 3 is 2.13 bits per heavy atom. The van der Waals surface area contributed by atoms with Gasteiger partial charge < -0.3 is 16.5 Å². The summed E-state index contributed by atoms with van der Waals surface area (Å²) in [6.07, 6.45) is 0. The van der Waals surface area contributed by atoms with Crippen LogP contribution in [0.2, 0.25) is 0 Å². The van der Waals surface area contributed by atoms with Crippen LogP contribution in [0.3, 0.4) is 0 Å². The molecule has 0 atom stereocenters. The first-order valence-corrected chi connectivity index (χ1v) is 4.41. The van der Waals surface area contributed by atoms with Gasteiger partial charge in [0.2, 0.25) is 5.96 Å². The highest BCUT2D eigenvalue weighted by Crippen LogP contribution is 2.22. The zero-order chi connectivity index (χ0) is 10.7. The molecule has 0 aliphatic rings. The summed E-state index contributed by atoms with van der Waals surface area (Å²) in [5, 5.41) is 3.47. The van der Waals surface area contributed by atoms with E-state index in [2.05, 4.69) is 5.10 Å². The molecule has 0 aliphatic heterocycles. The first-order valence-electron chi connectivity index (χ1n) is 4.41. The molecule has 4 N–H and O–H groups in total. The zero-order valence-corrected chi connectivity index (χ0v) is 10.0. The second kappa shape index (κ2) is 5.46. The van der Waals surface area contributed by atoms with Crippen molar-refractivity contribution in [3.63, 3.8) is 0 Å². The average Bonchev–Trinajstić information content (AvgIpc) is 2.16. The van der Waals surface area contributed by atoms with Crippen molar-refractivity contribution in [2.75, 3.05) is 11.9 Å². The summed E-state index contributed by atoms with van der Waals surface area (Å²) in [6, 6.07) is 6.07. The van der Waals surface area contributed by atoms with Crippen LogP contribution in [-0.4, -0.2) is 13.0 Å². The minimum absolute atomic E-state index is 0. The van der Waals surface area contributed by atoms with E-state index in [0.29, 0.717) is 5.96 Å². The Morgan fingerprint density at radius 2 is 1.73 bits per heavy atom. The van der Waals surface area contributed by atoms with Gasteiger partial charge in [0, 0.05) is 12.7 Å². The topological polar surface area (TPSA) is 67.6 Å². The van der Waals surface area contributed by atoms with E-state index in [0.717, 1.165) is 16.8 Å². The van der Waals surface area contributed by atoms with E-state index in [1.54, 1.807) is 4.90 Å². The molecule has 0 amide bonds. The minimum atomic E-state index is 0. The van der Waals surface area contributed by atoms with Crippen molar-refractivity contribution in [3.8, 4) is 0 Å². The maximum atomic E-state index is 5.64. The number of para-hydroxylation sites is 1. The Labute approximate surface area is 96.3 Å². The first-order chi connectivity index (χ1) is 6.57. The van der Waals surface area contributed by atoms with Gasteiger partial charge in [0.1, 0.15) is 0 Å². The molecule has 0 fully saturated rings. The van der Waals surface area contributed by atoms with Gasteiger partial charge in [-0.05, 0) is 25.0 Å². The number of nitrogens with two attached hydrogens (primary N) is 2. The van der Waals surface area contributed by atoms with E-state index in [1.165, 1.54) is 0 Å². The van der Waals surface area contributed by atoms with Gasteiger partial charge >= 0.3 is 0 Å². The van der Waals surface area contributed by atoms with Crippen LogP contribution in [-0.2, 0) is 0 Å². The van der Waals surface area contributed by atoms with Crippen LogP contribution in [0.25, 0.3) is 0 Å². The maximum absolute atomic E-state index is 5.64. The Kier molecular flexibility index (Phi) is 4.94. The van der Waals surface area contributed by atoms with Gasteiger partial charge in [-0.25, -0.2) is 0 Å². The Hall–Kier alpha value is -1.42. The van der Waals surface area contributed by atoms with E-state index < -0.39 is 0 Å². The van der Waals surface area contributed by atoms with Gasteiger partial charge in [0.05, 0.1) is 0 Å². The fourth-order valence-electron chi connectivity index (χ4n) is 1.54. The van der Waals surface area contributed by atoms with Crippen LogP contribution < -0.4 is 16.5 Å². The molecule has 0 heterocycles. The number of hydrogen-bond acceptors (Lipinski definition) is 2. The zero-order valence-electron chi connectivity index (χ0n) is 9.19. The van der Waals surface area contributed by atoms with Gasteiger partial charge in [-0.3, -0.25) is 0 Å². The minimum Gasteiger partial charge on any atom is -0.368 e. The number of rotatable bonds is 1. The molecular formula is C10H17ClN4. The first kappa shape index (κ1) is 13.6. The molecule has 1 aromatic rings. The number of aryl methyl sites for hydroxylation is 2. The molecular weight excluding hydrogens is 212 g/mol. The van der Waals surface area contributed by atoms with Crippen molar-refractivity contribution < 1.29 is 0 Å². The summed E-state index contributed by atoms with van der Waals surface area (Å²) >= 11 is 0. The number of hydrazone groups is 1. The van der Waals surface area contributed by atoms with Crippen LogP contribution in [0.15, 0.2) is 23.3 Å². The van der Waals surface area contributed by atoms with E-state index in [4.69, 9.17) is 11.6 Å². The molecule has 0 saturated carbocycles. The number of anilines is 1. The number of guanidine groups is 1. The highest BCUT2D eigenvalue weighted by Gasteiger charge is 2.09. The highest BCUT2D eigenvalue weighted by molar-refractivity contribution is 5.95. The largest absolute Gasteiger partial charge is 0.368 e. The molecule has 15 heavy (non-hydrogen) atoms. The predicted molar refractivity (Wildman–Crippen MR) is 67.4 cm³/mol. The molecule has 0 bridgehead atoms. The van der Waals surface area contributed by atoms with Crippen molar-refractivity contribution in [1.29, 1.82) is 0 Å². The summed E-state index contributed by atoms with van der Waals surface area (Å²) in [6.45, 7) is 4.06. The third kappa shape index (κ3) is 2.76. The Bertz CT molecular complexity index is 342. The van der Waals surface area contributed by atoms with E-state index in [1.807, 2.05) is 39.1 Å². The lowest BCUT2D eigenvalue weighted by atomic mass is 10.1. The lowest BCUT2D eigenvalue weighted by Crippen LogP contribution is -2.35. The lowest BCUT2D eigenvalue weighted by molar-refractivity contribution is 1.12. The van der Waals surface area contributed by atoms with E-state index in [9.17, 15) is 0 Å². The fourth-order valence-corrected chi connectivity index (χ4v) is 1.54.